The Kier molecular flexibility index (Phi) is 6.88. The van der Waals surface area contributed by atoms with E-state index in [1.165, 1.54) is 15.9 Å². The number of halogens is 1. The van der Waals surface area contributed by atoms with Crippen molar-refractivity contribution in [1.82, 2.24) is 0 Å². The maximum atomic E-state index is 5.87. The molecule has 0 N–H and O–H groups in total. The average molecular weight is 554 g/mol. The number of hydrogen-bond donors (Lipinski definition) is 0. The molecule has 0 saturated heterocycles. The van der Waals surface area contributed by atoms with Crippen LogP contribution in [0.25, 0.3) is 0 Å². The zero-order valence-corrected chi connectivity index (χ0v) is 21.5. The topological polar surface area (TPSA) is 18.5 Å². The third-order valence-corrected chi connectivity index (χ3v) is 17.1. The van der Waals surface area contributed by atoms with Crippen LogP contribution >= 0.6 is 29.2 Å². The zero-order chi connectivity index (χ0) is 22.5. The molecule has 0 aliphatic carbocycles. The van der Waals surface area contributed by atoms with Crippen LogP contribution in [0.15, 0.2) is 109 Å². The Bertz CT molecular complexity index is 1040. The van der Waals surface area contributed by atoms with Crippen LogP contribution in [-0.2, 0) is 6.16 Å². The predicted octanol–water partition coefficient (Wildman–Crippen LogP) is 6.13. The van der Waals surface area contributed by atoms with Crippen LogP contribution in [0.5, 0.6) is 11.5 Å². The molecule has 164 valence electrons. The average Bonchev–Trinajstić information content (AvgIpc) is 2.89. The molecule has 2 nitrogen and oxygen atoms in total. The Balaban J connectivity index is 2.18. The first kappa shape index (κ1) is 22.8. The van der Waals surface area contributed by atoms with Gasteiger partial charge in [0.2, 0.25) is 0 Å². The van der Waals surface area contributed by atoms with Crippen molar-refractivity contribution in [2.75, 3.05) is 18.4 Å². The molecule has 0 atom stereocenters. The van der Waals surface area contributed by atoms with Crippen molar-refractivity contribution in [2.24, 2.45) is 0 Å². The number of ether oxygens (including phenoxy) is 2. The SMILES string of the molecule is COc1cccc(OC)c1CP(CI)(c1ccccc1)(c1ccccc1)c1ccccc1. The molecule has 0 fully saturated rings. The van der Waals surface area contributed by atoms with E-state index in [9.17, 15) is 0 Å². The van der Waals surface area contributed by atoms with Gasteiger partial charge in [-0.05, 0) is 0 Å². The molecule has 0 aliphatic heterocycles. The normalized spacial score (nSPS) is 12.5. The molecule has 0 heterocycles. The van der Waals surface area contributed by atoms with Gasteiger partial charge in [-0.2, -0.15) is 0 Å². The first-order chi connectivity index (χ1) is 15.7. The van der Waals surface area contributed by atoms with E-state index in [4.69, 9.17) is 9.47 Å². The number of hydrogen-bond acceptors (Lipinski definition) is 2. The fourth-order valence-electron chi connectivity index (χ4n) is 4.77. The molecule has 0 radical (unpaired) electrons. The van der Waals surface area contributed by atoms with Crippen LogP contribution in [0.2, 0.25) is 0 Å². The van der Waals surface area contributed by atoms with E-state index in [0.29, 0.717) is 0 Å². The van der Waals surface area contributed by atoms with Crippen molar-refractivity contribution in [2.45, 2.75) is 6.16 Å². The van der Waals surface area contributed by atoms with E-state index in [1.54, 1.807) is 14.2 Å². The molecular formula is C28H28IO2P. The third-order valence-electron chi connectivity index (χ3n) is 6.44. The van der Waals surface area contributed by atoms with Gasteiger partial charge in [0.05, 0.1) is 0 Å². The molecule has 4 rings (SSSR count). The van der Waals surface area contributed by atoms with E-state index in [2.05, 4.69) is 114 Å². The number of methoxy groups -OCH3 is 2. The molecule has 4 aromatic rings. The minimum absolute atomic E-state index is 0.819. The summed E-state index contributed by atoms with van der Waals surface area (Å²) in [4.78, 5) is 0. The summed E-state index contributed by atoms with van der Waals surface area (Å²) >= 11 is 2.62. The van der Waals surface area contributed by atoms with Gasteiger partial charge in [-0.25, -0.2) is 0 Å². The zero-order valence-electron chi connectivity index (χ0n) is 18.4. The third kappa shape index (κ3) is 3.62. The van der Waals surface area contributed by atoms with E-state index < -0.39 is 6.60 Å². The van der Waals surface area contributed by atoms with E-state index in [1.807, 2.05) is 18.2 Å². The molecule has 0 amide bonds. The maximum absolute atomic E-state index is 5.87. The van der Waals surface area contributed by atoms with Crippen LogP contribution in [0.3, 0.4) is 0 Å². The van der Waals surface area contributed by atoms with Crippen LogP contribution in [0.1, 0.15) is 5.56 Å². The van der Waals surface area contributed by atoms with Crippen molar-refractivity contribution in [3.05, 3.63) is 115 Å². The van der Waals surface area contributed by atoms with Gasteiger partial charge in [0.15, 0.2) is 0 Å². The summed E-state index contributed by atoms with van der Waals surface area (Å²) in [5.74, 6) is 1.73. The van der Waals surface area contributed by atoms with E-state index in [0.717, 1.165) is 27.4 Å². The summed E-state index contributed by atoms with van der Waals surface area (Å²) in [6, 6.07) is 39.2. The Morgan fingerprint density at radius 3 is 1.25 bits per heavy atom. The molecule has 0 unspecified atom stereocenters. The van der Waals surface area contributed by atoms with Crippen LogP contribution in [0.4, 0.5) is 0 Å². The van der Waals surface area contributed by atoms with Crippen LogP contribution in [0, 0.1) is 0 Å². The first-order valence-corrected chi connectivity index (χ1v) is 14.8. The molecule has 0 bridgehead atoms. The summed E-state index contributed by atoms with van der Waals surface area (Å²) in [5.41, 5.74) is 1.11. The Hall–Kier alpha value is -2.36. The summed E-state index contributed by atoms with van der Waals surface area (Å²) in [5, 5.41) is 4.12. The van der Waals surface area contributed by atoms with Crippen molar-refractivity contribution >= 4 is 45.1 Å². The predicted molar refractivity (Wildman–Crippen MR) is 147 cm³/mol. The monoisotopic (exact) mass is 554 g/mol. The second-order valence-corrected chi connectivity index (χ2v) is 15.1. The molecular weight excluding hydrogens is 526 g/mol. The fraction of sp³-hybridized carbons (Fsp3) is 0.143. The van der Waals surface area contributed by atoms with Crippen LogP contribution < -0.4 is 25.4 Å². The summed E-state index contributed by atoms with van der Waals surface area (Å²) < 4.78 is 12.7. The minimum atomic E-state index is -2.98. The van der Waals surface area contributed by atoms with Gasteiger partial charge >= 0.3 is 205 Å². The van der Waals surface area contributed by atoms with E-state index in [-0.39, 0.29) is 0 Å². The standard InChI is InChI=1S/C28H28IO2P/c1-30-27-19-12-20-28(31-2)26(27)21-32(22-29,23-13-6-3-7-14-23,24-15-8-4-9-16-24)25-17-10-5-11-18-25/h3-20H,21-22H2,1-2H3. The molecule has 32 heavy (non-hydrogen) atoms. The molecule has 0 spiro atoms. The second-order valence-electron chi connectivity index (χ2n) is 7.93. The van der Waals surface area contributed by atoms with Gasteiger partial charge in [-0.1, -0.05) is 0 Å². The van der Waals surface area contributed by atoms with Crippen molar-refractivity contribution in [1.29, 1.82) is 0 Å². The summed E-state index contributed by atoms with van der Waals surface area (Å²) in [7, 11) is 3.48. The summed E-state index contributed by atoms with van der Waals surface area (Å²) in [6.45, 7) is -2.98. The van der Waals surface area contributed by atoms with Crippen molar-refractivity contribution < 1.29 is 9.47 Å². The van der Waals surface area contributed by atoms with Gasteiger partial charge < -0.3 is 0 Å². The first-order valence-electron chi connectivity index (χ1n) is 10.6. The molecule has 0 aliphatic rings. The summed E-state index contributed by atoms with van der Waals surface area (Å²) in [6.07, 6.45) is 0.819. The van der Waals surface area contributed by atoms with Gasteiger partial charge in [0, 0.05) is 0 Å². The Morgan fingerprint density at radius 1 is 0.562 bits per heavy atom. The number of benzene rings is 4. The number of rotatable bonds is 8. The van der Waals surface area contributed by atoms with Gasteiger partial charge in [0.1, 0.15) is 0 Å². The van der Waals surface area contributed by atoms with Gasteiger partial charge in [0.25, 0.3) is 0 Å². The van der Waals surface area contributed by atoms with Gasteiger partial charge in [-0.3, -0.25) is 0 Å². The Labute approximate surface area is 204 Å². The molecule has 0 saturated carbocycles. The Morgan fingerprint density at radius 2 is 0.938 bits per heavy atom. The molecule has 0 aromatic heterocycles. The number of alkyl halides is 1. The van der Waals surface area contributed by atoms with Crippen LogP contribution in [-0.4, -0.2) is 18.4 Å². The molecule has 4 heteroatoms. The second kappa shape index (κ2) is 9.64. The van der Waals surface area contributed by atoms with E-state index >= 15 is 0 Å². The van der Waals surface area contributed by atoms with Crippen molar-refractivity contribution in [3.63, 3.8) is 0 Å². The fourth-order valence-corrected chi connectivity index (χ4v) is 14.7. The van der Waals surface area contributed by atoms with Crippen molar-refractivity contribution in [3.8, 4) is 11.5 Å². The molecule has 4 aromatic carbocycles. The van der Waals surface area contributed by atoms with Gasteiger partial charge in [-0.15, -0.1) is 0 Å². The quantitative estimate of drug-likeness (QED) is 0.148.